The van der Waals surface area contributed by atoms with Gasteiger partial charge in [0, 0.05) is 25.7 Å². The van der Waals surface area contributed by atoms with Crippen LogP contribution in [0.3, 0.4) is 0 Å². The van der Waals surface area contributed by atoms with Gasteiger partial charge < -0.3 is 33.8 Å². The number of aliphatic hydroxyl groups excluding tert-OH is 1. The highest BCUT2D eigenvalue weighted by Crippen LogP contribution is 2.45. The van der Waals surface area contributed by atoms with E-state index in [1.165, 1.54) is 186 Å². The summed E-state index contributed by atoms with van der Waals surface area (Å²) in [5.74, 6) is 0.924. The molecule has 96 heavy (non-hydrogen) atoms. The van der Waals surface area contributed by atoms with Gasteiger partial charge in [0.1, 0.15) is 19.3 Å². The molecular weight excluding hydrogens is 1260 g/mol. The first-order chi connectivity index (χ1) is 46.2. The summed E-state index contributed by atoms with van der Waals surface area (Å²) in [6.07, 6.45) is 51.7. The molecule has 0 radical (unpaired) electrons. The van der Waals surface area contributed by atoms with Gasteiger partial charge in [0.05, 0.1) is 26.4 Å². The quantitative estimate of drug-likeness (QED) is 0.0222. The van der Waals surface area contributed by atoms with Crippen LogP contribution in [0.15, 0.2) is 0 Å². The maximum Gasteiger partial charge on any atom is 0.472 e. The lowest BCUT2D eigenvalue weighted by Gasteiger charge is -2.21. The molecule has 0 bridgehead atoms. The van der Waals surface area contributed by atoms with E-state index >= 15 is 0 Å². The molecule has 0 aromatic heterocycles. The second-order valence-corrected chi connectivity index (χ2v) is 32.1. The van der Waals surface area contributed by atoms with E-state index in [0.29, 0.717) is 31.6 Å². The summed E-state index contributed by atoms with van der Waals surface area (Å²) < 4.78 is 68.4. The van der Waals surface area contributed by atoms with Crippen molar-refractivity contribution in [3.05, 3.63) is 0 Å². The van der Waals surface area contributed by atoms with E-state index in [-0.39, 0.29) is 25.7 Å². The monoisotopic (exact) mass is 1410 g/mol. The van der Waals surface area contributed by atoms with Crippen LogP contribution in [0.25, 0.3) is 0 Å². The minimum absolute atomic E-state index is 0.102. The summed E-state index contributed by atoms with van der Waals surface area (Å²) in [5.41, 5.74) is 0. The first-order valence-electron chi connectivity index (χ1n) is 39.8. The number of esters is 4. The lowest BCUT2D eigenvalue weighted by molar-refractivity contribution is -0.161. The number of unbranched alkanes of at least 4 members (excludes halogenated alkanes) is 38. The van der Waals surface area contributed by atoms with Gasteiger partial charge in [-0.15, -0.1) is 0 Å². The molecular formula is C77H150O17P2. The highest BCUT2D eigenvalue weighted by atomic mass is 31.2. The molecule has 0 aliphatic heterocycles. The third-order valence-corrected chi connectivity index (χ3v) is 20.4. The molecule has 0 aliphatic rings. The van der Waals surface area contributed by atoms with Crippen LogP contribution in [0.1, 0.15) is 389 Å². The molecule has 3 N–H and O–H groups in total. The van der Waals surface area contributed by atoms with Crippen LogP contribution in [-0.4, -0.2) is 96.7 Å². The Kier molecular flexibility index (Phi) is 65.0. The molecule has 0 aromatic carbocycles. The van der Waals surface area contributed by atoms with Gasteiger partial charge >= 0.3 is 39.5 Å². The van der Waals surface area contributed by atoms with Crippen molar-refractivity contribution in [2.24, 2.45) is 23.7 Å². The Hall–Kier alpha value is -1.94. The molecule has 0 spiro atoms. The van der Waals surface area contributed by atoms with Crippen molar-refractivity contribution in [3.63, 3.8) is 0 Å². The highest BCUT2D eigenvalue weighted by molar-refractivity contribution is 7.47. The van der Waals surface area contributed by atoms with Crippen LogP contribution in [0.4, 0.5) is 0 Å². The number of carbonyl (C=O) groups excluding carboxylic acids is 4. The second-order valence-electron chi connectivity index (χ2n) is 29.2. The van der Waals surface area contributed by atoms with E-state index in [4.69, 9.17) is 37.0 Å². The third kappa shape index (κ3) is 67.9. The topological polar surface area (TPSA) is 237 Å². The van der Waals surface area contributed by atoms with E-state index in [2.05, 4.69) is 55.4 Å². The lowest BCUT2D eigenvalue weighted by atomic mass is 9.99. The summed E-state index contributed by atoms with van der Waals surface area (Å²) in [5, 5.41) is 10.6. The van der Waals surface area contributed by atoms with Crippen molar-refractivity contribution >= 4 is 39.5 Å². The Labute approximate surface area is 588 Å². The van der Waals surface area contributed by atoms with E-state index < -0.39 is 97.5 Å². The van der Waals surface area contributed by atoms with Gasteiger partial charge in [-0.05, 0) is 49.4 Å². The van der Waals surface area contributed by atoms with E-state index in [1.807, 2.05) is 0 Å². The van der Waals surface area contributed by atoms with Gasteiger partial charge in [-0.1, -0.05) is 338 Å². The number of phosphoric ester groups is 2. The molecule has 0 saturated carbocycles. The van der Waals surface area contributed by atoms with Crippen LogP contribution in [0.2, 0.25) is 0 Å². The van der Waals surface area contributed by atoms with Gasteiger partial charge in [0.15, 0.2) is 12.2 Å². The highest BCUT2D eigenvalue weighted by Gasteiger charge is 2.30. The molecule has 0 rings (SSSR count). The summed E-state index contributed by atoms with van der Waals surface area (Å²) in [4.78, 5) is 72.7. The Bertz CT molecular complexity index is 1890. The smallest absolute Gasteiger partial charge is 0.462 e. The molecule has 0 aromatic rings. The zero-order valence-corrected chi connectivity index (χ0v) is 64.8. The largest absolute Gasteiger partial charge is 0.472 e. The minimum atomic E-state index is -4.96. The number of carbonyl (C=O) groups is 4. The standard InChI is InChI=1S/C77H150O17P2/c1-9-69(7)55-47-39-30-26-22-17-15-13-11-12-14-16-18-23-27-31-41-49-57-74(79)87-63-73(94-77(82)60-52-44-35-33-38-46-54-68(5)6)66-92-96(85,86)90-62-71(78)61-89-95(83,84)91-65-72(64-88-75(80)58-50-42-36-34-40-48-56-70(8)10-2)93-76(81)59-51-43-32-28-24-20-19-21-25-29-37-45-53-67(3)4/h67-73,78H,9-66H2,1-8H3,(H,83,84)(H,85,86)/t69?,70?,71-,72+,73+/m0/s1. The number of hydrogen-bond donors (Lipinski definition) is 3. The van der Waals surface area contributed by atoms with E-state index in [0.717, 1.165) is 114 Å². The molecule has 0 saturated heterocycles. The van der Waals surface area contributed by atoms with Gasteiger partial charge in [-0.2, -0.15) is 0 Å². The molecule has 0 heterocycles. The van der Waals surface area contributed by atoms with Crippen LogP contribution in [0, 0.1) is 23.7 Å². The Balaban J connectivity index is 5.11. The zero-order chi connectivity index (χ0) is 71.0. The normalized spacial score (nSPS) is 14.7. The summed E-state index contributed by atoms with van der Waals surface area (Å²) in [6, 6.07) is 0. The first kappa shape index (κ1) is 94.1. The fourth-order valence-electron chi connectivity index (χ4n) is 11.7. The number of ether oxygens (including phenoxy) is 4. The molecule has 0 amide bonds. The molecule has 570 valence electrons. The average molecular weight is 1410 g/mol. The molecule has 0 aliphatic carbocycles. The second kappa shape index (κ2) is 66.3. The SMILES string of the molecule is CCC(C)CCCCCCCCCCCCCCCCCCCCC(=O)OC[C@H](COP(=O)(O)OC[C@@H](O)COP(=O)(O)OC[C@@H](COC(=O)CCCCCCCCC(C)CC)OC(=O)CCCCCCCCCCCCCCC(C)C)OC(=O)CCCCCCCCC(C)C. The fraction of sp³-hybridized carbons (Fsp3) is 0.948. The maximum atomic E-state index is 13.0. The Morgan fingerprint density at radius 3 is 0.740 bits per heavy atom. The van der Waals surface area contributed by atoms with Crippen molar-refractivity contribution in [1.29, 1.82) is 0 Å². The van der Waals surface area contributed by atoms with Crippen molar-refractivity contribution < 1.29 is 80.2 Å². The van der Waals surface area contributed by atoms with Crippen LogP contribution in [-0.2, 0) is 65.4 Å². The van der Waals surface area contributed by atoms with Crippen LogP contribution < -0.4 is 0 Å². The fourth-order valence-corrected chi connectivity index (χ4v) is 13.2. The predicted octanol–water partition coefficient (Wildman–Crippen LogP) is 22.4. The van der Waals surface area contributed by atoms with Gasteiger partial charge in [-0.3, -0.25) is 37.3 Å². The number of rotatable bonds is 74. The van der Waals surface area contributed by atoms with Crippen molar-refractivity contribution in [3.8, 4) is 0 Å². The maximum absolute atomic E-state index is 13.0. The molecule has 7 atom stereocenters. The van der Waals surface area contributed by atoms with Crippen molar-refractivity contribution in [1.82, 2.24) is 0 Å². The molecule has 0 fully saturated rings. The molecule has 17 nitrogen and oxygen atoms in total. The third-order valence-electron chi connectivity index (χ3n) is 18.5. The van der Waals surface area contributed by atoms with Gasteiger partial charge in [-0.25, -0.2) is 9.13 Å². The van der Waals surface area contributed by atoms with Gasteiger partial charge in [0.25, 0.3) is 0 Å². The summed E-state index contributed by atoms with van der Waals surface area (Å²) >= 11 is 0. The Morgan fingerprint density at radius 1 is 0.292 bits per heavy atom. The van der Waals surface area contributed by atoms with E-state index in [9.17, 15) is 43.2 Å². The lowest BCUT2D eigenvalue weighted by Crippen LogP contribution is -2.30. The van der Waals surface area contributed by atoms with Crippen LogP contribution >= 0.6 is 15.6 Å². The summed E-state index contributed by atoms with van der Waals surface area (Å²) in [6.45, 7) is 14.1. The van der Waals surface area contributed by atoms with Gasteiger partial charge in [0.2, 0.25) is 0 Å². The predicted molar refractivity (Wildman–Crippen MR) is 391 cm³/mol. The number of aliphatic hydroxyl groups is 1. The van der Waals surface area contributed by atoms with E-state index in [1.54, 1.807) is 0 Å². The Morgan fingerprint density at radius 2 is 0.500 bits per heavy atom. The number of hydrogen-bond acceptors (Lipinski definition) is 15. The van der Waals surface area contributed by atoms with Crippen molar-refractivity contribution in [2.75, 3.05) is 39.6 Å². The van der Waals surface area contributed by atoms with Crippen molar-refractivity contribution in [2.45, 2.75) is 408 Å². The first-order valence-corrected chi connectivity index (χ1v) is 42.8. The average Bonchev–Trinajstić information content (AvgIpc) is 1.17. The molecule has 19 heteroatoms. The molecule has 4 unspecified atom stereocenters. The zero-order valence-electron chi connectivity index (χ0n) is 63.0. The minimum Gasteiger partial charge on any atom is -0.462 e. The number of phosphoric acid groups is 2. The van der Waals surface area contributed by atoms with Crippen LogP contribution in [0.5, 0.6) is 0 Å². The summed E-state index contributed by atoms with van der Waals surface area (Å²) in [7, 11) is -9.91.